The van der Waals surface area contributed by atoms with E-state index in [0.29, 0.717) is 6.42 Å². The minimum Gasteiger partial charge on any atom is -0.341 e. The highest BCUT2D eigenvalue weighted by Gasteiger charge is 2.17. The first-order valence-corrected chi connectivity index (χ1v) is 8.60. The van der Waals surface area contributed by atoms with Crippen molar-refractivity contribution in [2.75, 3.05) is 26.2 Å². The van der Waals surface area contributed by atoms with Crippen molar-refractivity contribution in [2.45, 2.75) is 19.8 Å². The molecule has 1 aliphatic rings. The average molecular weight is 315 g/mol. The van der Waals surface area contributed by atoms with Gasteiger partial charge in [-0.2, -0.15) is 0 Å². The Morgan fingerprint density at radius 2 is 2.27 bits per heavy atom. The normalized spacial score (nSPS) is 15.6. The number of thiazole rings is 1. The lowest BCUT2D eigenvalue weighted by Crippen LogP contribution is -2.35. The number of nitrogens with zero attached hydrogens (tertiary/aromatic N) is 2. The number of carbonyl (C=O) groups is 1. The fraction of sp³-hybridized carbons (Fsp3) is 0.412. The number of hydrogen-bond acceptors (Lipinski definition) is 4. The van der Waals surface area contributed by atoms with Gasteiger partial charge in [0, 0.05) is 30.6 Å². The number of nitrogens with one attached hydrogen (secondary N) is 1. The van der Waals surface area contributed by atoms with E-state index in [4.69, 9.17) is 0 Å². The molecule has 1 N–H and O–H groups in total. The molecule has 0 radical (unpaired) electrons. The maximum absolute atomic E-state index is 12.4. The lowest BCUT2D eigenvalue weighted by Gasteiger charge is -2.19. The SMILES string of the molecule is Cc1cccc(-c2nc(CC(=O)N3CCCNCC3)cs2)c1. The van der Waals surface area contributed by atoms with Crippen LogP contribution in [0.3, 0.4) is 0 Å². The summed E-state index contributed by atoms with van der Waals surface area (Å²) in [7, 11) is 0. The Bertz CT molecular complexity index is 645. The molecule has 5 heteroatoms. The van der Waals surface area contributed by atoms with Gasteiger partial charge in [0.05, 0.1) is 12.1 Å². The van der Waals surface area contributed by atoms with Gasteiger partial charge in [0.15, 0.2) is 0 Å². The standard InChI is InChI=1S/C17H21N3OS/c1-13-4-2-5-14(10-13)17-19-15(12-22-17)11-16(21)20-8-3-6-18-7-9-20/h2,4-5,10,12,18H,3,6-9,11H2,1H3. The van der Waals surface area contributed by atoms with Crippen LogP contribution < -0.4 is 5.32 Å². The zero-order valence-corrected chi connectivity index (χ0v) is 13.7. The number of benzene rings is 1. The summed E-state index contributed by atoms with van der Waals surface area (Å²) in [4.78, 5) is 19.0. The molecular formula is C17H21N3OS. The maximum atomic E-state index is 12.4. The zero-order chi connectivity index (χ0) is 15.4. The van der Waals surface area contributed by atoms with Crippen molar-refractivity contribution in [2.24, 2.45) is 0 Å². The molecule has 4 nitrogen and oxygen atoms in total. The van der Waals surface area contributed by atoms with E-state index in [-0.39, 0.29) is 5.91 Å². The summed E-state index contributed by atoms with van der Waals surface area (Å²) in [6.07, 6.45) is 1.43. The highest BCUT2D eigenvalue weighted by molar-refractivity contribution is 7.13. The molecular weight excluding hydrogens is 294 g/mol. The molecule has 22 heavy (non-hydrogen) atoms. The number of carbonyl (C=O) groups excluding carboxylic acids is 1. The van der Waals surface area contributed by atoms with Gasteiger partial charge < -0.3 is 10.2 Å². The Balaban J connectivity index is 1.67. The molecule has 116 valence electrons. The third-order valence-corrected chi connectivity index (χ3v) is 4.78. The van der Waals surface area contributed by atoms with Gasteiger partial charge in [-0.05, 0) is 26.0 Å². The van der Waals surface area contributed by atoms with Crippen LogP contribution in [0.4, 0.5) is 0 Å². The minimum absolute atomic E-state index is 0.185. The van der Waals surface area contributed by atoms with Crippen molar-refractivity contribution >= 4 is 17.2 Å². The minimum atomic E-state index is 0.185. The predicted octanol–water partition coefficient (Wildman–Crippen LogP) is 2.48. The Hall–Kier alpha value is -1.72. The van der Waals surface area contributed by atoms with Gasteiger partial charge >= 0.3 is 0 Å². The van der Waals surface area contributed by atoms with Gasteiger partial charge in [-0.25, -0.2) is 4.98 Å². The summed E-state index contributed by atoms with van der Waals surface area (Å²) in [6, 6.07) is 8.32. The largest absolute Gasteiger partial charge is 0.341 e. The molecule has 1 saturated heterocycles. The summed E-state index contributed by atoms with van der Waals surface area (Å²) in [5.74, 6) is 0.185. The second-order valence-corrected chi connectivity index (χ2v) is 6.53. The van der Waals surface area contributed by atoms with E-state index in [1.807, 2.05) is 16.3 Å². The molecule has 1 aromatic heterocycles. The average Bonchev–Trinajstić information content (AvgIpc) is 2.80. The molecule has 1 aromatic carbocycles. The first-order valence-electron chi connectivity index (χ1n) is 7.72. The molecule has 0 aliphatic carbocycles. The zero-order valence-electron chi connectivity index (χ0n) is 12.8. The quantitative estimate of drug-likeness (QED) is 0.946. The third-order valence-electron chi connectivity index (χ3n) is 3.84. The van der Waals surface area contributed by atoms with E-state index in [2.05, 4.69) is 35.4 Å². The summed E-state index contributed by atoms with van der Waals surface area (Å²) < 4.78 is 0. The van der Waals surface area contributed by atoms with Gasteiger partial charge in [0.25, 0.3) is 0 Å². The molecule has 2 aromatic rings. The van der Waals surface area contributed by atoms with Crippen LogP contribution in [-0.2, 0) is 11.2 Å². The number of aromatic nitrogens is 1. The Kier molecular flexibility index (Phi) is 4.85. The van der Waals surface area contributed by atoms with Crippen LogP contribution in [0.15, 0.2) is 29.6 Å². The lowest BCUT2D eigenvalue weighted by atomic mass is 10.1. The first kappa shape index (κ1) is 15.2. The fourth-order valence-electron chi connectivity index (χ4n) is 2.66. The predicted molar refractivity (Wildman–Crippen MR) is 90.1 cm³/mol. The maximum Gasteiger partial charge on any atom is 0.228 e. The summed E-state index contributed by atoms with van der Waals surface area (Å²) in [5, 5.41) is 6.31. The van der Waals surface area contributed by atoms with Crippen LogP contribution in [-0.4, -0.2) is 42.0 Å². The van der Waals surface area contributed by atoms with Crippen LogP contribution >= 0.6 is 11.3 Å². The van der Waals surface area contributed by atoms with Gasteiger partial charge in [-0.15, -0.1) is 11.3 Å². The van der Waals surface area contributed by atoms with Crippen LogP contribution in [0.5, 0.6) is 0 Å². The van der Waals surface area contributed by atoms with Crippen molar-refractivity contribution in [3.63, 3.8) is 0 Å². The molecule has 1 amide bonds. The van der Waals surface area contributed by atoms with Crippen molar-refractivity contribution in [1.29, 1.82) is 0 Å². The monoisotopic (exact) mass is 315 g/mol. The Labute approximate surface area is 135 Å². The molecule has 0 saturated carbocycles. The van der Waals surface area contributed by atoms with Gasteiger partial charge in [0.1, 0.15) is 5.01 Å². The van der Waals surface area contributed by atoms with E-state index in [1.54, 1.807) is 11.3 Å². The lowest BCUT2D eigenvalue weighted by molar-refractivity contribution is -0.130. The van der Waals surface area contributed by atoms with Crippen molar-refractivity contribution in [3.05, 3.63) is 40.9 Å². The molecule has 0 spiro atoms. The summed E-state index contributed by atoms with van der Waals surface area (Å²) in [6.45, 7) is 5.61. The van der Waals surface area contributed by atoms with E-state index in [0.717, 1.165) is 48.9 Å². The molecule has 0 bridgehead atoms. The van der Waals surface area contributed by atoms with E-state index in [1.165, 1.54) is 5.56 Å². The van der Waals surface area contributed by atoms with Gasteiger partial charge in [0.2, 0.25) is 5.91 Å². The van der Waals surface area contributed by atoms with Crippen molar-refractivity contribution in [1.82, 2.24) is 15.2 Å². The number of hydrogen-bond donors (Lipinski definition) is 1. The Morgan fingerprint density at radius 1 is 1.36 bits per heavy atom. The third kappa shape index (κ3) is 3.72. The number of rotatable bonds is 3. The van der Waals surface area contributed by atoms with Crippen LogP contribution in [0, 0.1) is 6.92 Å². The topological polar surface area (TPSA) is 45.2 Å². The van der Waals surface area contributed by atoms with Crippen LogP contribution in [0.25, 0.3) is 10.6 Å². The van der Waals surface area contributed by atoms with E-state index >= 15 is 0 Å². The molecule has 0 unspecified atom stereocenters. The fourth-order valence-corrected chi connectivity index (χ4v) is 3.48. The van der Waals surface area contributed by atoms with E-state index < -0.39 is 0 Å². The molecule has 0 atom stereocenters. The number of aryl methyl sites for hydroxylation is 1. The van der Waals surface area contributed by atoms with E-state index in [9.17, 15) is 4.79 Å². The highest BCUT2D eigenvalue weighted by Crippen LogP contribution is 2.24. The summed E-state index contributed by atoms with van der Waals surface area (Å²) in [5.41, 5.74) is 3.23. The molecule has 3 rings (SSSR count). The first-order chi connectivity index (χ1) is 10.7. The second kappa shape index (κ2) is 7.03. The molecule has 2 heterocycles. The second-order valence-electron chi connectivity index (χ2n) is 5.67. The van der Waals surface area contributed by atoms with Gasteiger partial charge in [-0.3, -0.25) is 4.79 Å². The molecule has 1 aliphatic heterocycles. The van der Waals surface area contributed by atoms with Crippen LogP contribution in [0.2, 0.25) is 0 Å². The summed E-state index contributed by atoms with van der Waals surface area (Å²) >= 11 is 1.61. The highest BCUT2D eigenvalue weighted by atomic mass is 32.1. The van der Waals surface area contributed by atoms with Crippen molar-refractivity contribution < 1.29 is 4.79 Å². The van der Waals surface area contributed by atoms with Crippen LogP contribution in [0.1, 0.15) is 17.7 Å². The molecule has 1 fully saturated rings. The Morgan fingerprint density at radius 3 is 3.14 bits per heavy atom. The smallest absolute Gasteiger partial charge is 0.228 e. The van der Waals surface area contributed by atoms with Gasteiger partial charge in [-0.1, -0.05) is 23.8 Å². The van der Waals surface area contributed by atoms with Crippen molar-refractivity contribution in [3.8, 4) is 10.6 Å². The number of amides is 1.